The molecule has 26 heavy (non-hydrogen) atoms. The quantitative estimate of drug-likeness (QED) is 0.531. The highest BCUT2D eigenvalue weighted by molar-refractivity contribution is 5.99. The van der Waals surface area contributed by atoms with Gasteiger partial charge in [-0.25, -0.2) is 0 Å². The number of amides is 1. The number of rotatable bonds is 0. The Hall–Kier alpha value is -1.65. The number of fused-ring (bicyclic) bond motifs is 2. The molecule has 4 heteroatoms. The van der Waals surface area contributed by atoms with Gasteiger partial charge in [-0.3, -0.25) is 4.79 Å². The molecular weight excluding hydrogens is 324 g/mol. The van der Waals surface area contributed by atoms with Gasteiger partial charge < -0.3 is 14.1 Å². The molecule has 1 aromatic rings. The van der Waals surface area contributed by atoms with Crippen LogP contribution in [0.15, 0.2) is 35.9 Å². The summed E-state index contributed by atoms with van der Waals surface area (Å²) in [6, 6.07) is 9.76. The van der Waals surface area contributed by atoms with Gasteiger partial charge in [-0.1, -0.05) is 24.3 Å². The summed E-state index contributed by atoms with van der Waals surface area (Å²) in [5.41, 5.74) is 4.43. The van der Waals surface area contributed by atoms with Gasteiger partial charge in [0.25, 0.3) is 0 Å². The van der Waals surface area contributed by atoms with E-state index in [0.29, 0.717) is 36.9 Å². The fraction of sp³-hybridized carbons (Fsp3) is 0.591. The van der Waals surface area contributed by atoms with E-state index in [-0.39, 0.29) is 17.4 Å². The summed E-state index contributed by atoms with van der Waals surface area (Å²) in [6.45, 7) is 3.12. The van der Waals surface area contributed by atoms with Gasteiger partial charge >= 0.3 is 0 Å². The molecule has 1 aromatic carbocycles. The van der Waals surface area contributed by atoms with Crippen LogP contribution in [0.1, 0.15) is 24.8 Å². The summed E-state index contributed by atoms with van der Waals surface area (Å²) in [5.74, 6) is 1.36. The van der Waals surface area contributed by atoms with Crippen LogP contribution in [0.25, 0.3) is 0 Å². The first kappa shape index (κ1) is 14.4. The van der Waals surface area contributed by atoms with E-state index in [2.05, 4.69) is 42.3 Å². The Labute approximate surface area is 154 Å². The predicted molar refractivity (Wildman–Crippen MR) is 97.8 cm³/mol. The first-order valence-electron chi connectivity index (χ1n) is 10.2. The van der Waals surface area contributed by atoms with Crippen molar-refractivity contribution in [1.82, 2.24) is 0 Å². The standard InChI is InChI=1S/C22H25N2O2/c1-24-8-7-22-15-4-2-3-5-16(15)23-19(25)11-17-20(21(22)23)14(10-18(22)24)13(12-24)6-9-26-17/h2-6,14,17-18,20-21H,7-12H2,1H3/q+1/t14-,17+,18-,20-,21+,22+,24+/m1/s1. The van der Waals surface area contributed by atoms with Crippen LogP contribution in [-0.2, 0) is 14.9 Å². The molecule has 0 radical (unpaired) electrons. The summed E-state index contributed by atoms with van der Waals surface area (Å²) < 4.78 is 7.45. The second kappa shape index (κ2) is 4.26. The highest BCUT2D eigenvalue weighted by Crippen LogP contribution is 2.67. The Balaban J connectivity index is 1.56. The Morgan fingerprint density at radius 3 is 3.12 bits per heavy atom. The number of anilines is 1. The van der Waals surface area contributed by atoms with Crippen molar-refractivity contribution in [3.05, 3.63) is 41.5 Å². The SMILES string of the molecule is C[N@+]12CC[C@]34c5ccccc5N5C(=O)C[C@@H]6OCC=C(C1)[C@@H](C[C@H]32)[C@H]6[C@H]54. The molecule has 5 aliphatic heterocycles. The van der Waals surface area contributed by atoms with Crippen molar-refractivity contribution in [3.8, 4) is 0 Å². The molecule has 2 bridgehead atoms. The van der Waals surface area contributed by atoms with Gasteiger partial charge in [-0.2, -0.15) is 0 Å². The number of para-hydroxylation sites is 1. The molecule has 1 spiro atoms. The lowest BCUT2D eigenvalue weighted by Gasteiger charge is -2.59. The molecule has 1 amide bonds. The van der Waals surface area contributed by atoms with E-state index >= 15 is 0 Å². The Morgan fingerprint density at radius 1 is 1.31 bits per heavy atom. The van der Waals surface area contributed by atoms with Gasteiger partial charge in [0, 0.05) is 24.4 Å². The highest BCUT2D eigenvalue weighted by atomic mass is 16.5. The van der Waals surface area contributed by atoms with Gasteiger partial charge in [0.05, 0.1) is 44.2 Å². The maximum atomic E-state index is 13.3. The second-order valence-electron chi connectivity index (χ2n) is 9.67. The van der Waals surface area contributed by atoms with Crippen molar-refractivity contribution in [2.24, 2.45) is 11.8 Å². The number of piperidine rings is 2. The second-order valence-corrected chi connectivity index (χ2v) is 9.67. The lowest BCUT2D eigenvalue weighted by atomic mass is 9.53. The third-order valence-electron chi connectivity index (χ3n) is 8.91. The molecule has 3 saturated heterocycles. The van der Waals surface area contributed by atoms with Crippen LogP contribution in [0.3, 0.4) is 0 Å². The van der Waals surface area contributed by atoms with Gasteiger partial charge in [0.1, 0.15) is 12.6 Å². The van der Waals surface area contributed by atoms with Crippen LogP contribution in [0.2, 0.25) is 0 Å². The number of quaternary nitrogens is 1. The first-order valence-corrected chi connectivity index (χ1v) is 10.2. The maximum Gasteiger partial charge on any atom is 0.229 e. The highest BCUT2D eigenvalue weighted by Gasteiger charge is 2.75. The molecule has 0 N–H and O–H groups in total. The largest absolute Gasteiger partial charge is 0.373 e. The maximum absolute atomic E-state index is 13.3. The Kier molecular flexibility index (Phi) is 2.36. The zero-order valence-corrected chi connectivity index (χ0v) is 15.2. The smallest absolute Gasteiger partial charge is 0.229 e. The van der Waals surface area contributed by atoms with Crippen LogP contribution < -0.4 is 4.90 Å². The lowest BCUT2D eigenvalue weighted by molar-refractivity contribution is -0.925. The number of hydrogen-bond donors (Lipinski definition) is 0. The number of carbonyl (C=O) groups is 1. The minimum Gasteiger partial charge on any atom is -0.373 e. The summed E-state index contributed by atoms with van der Waals surface area (Å²) in [4.78, 5) is 15.5. The molecule has 4 nitrogen and oxygen atoms in total. The van der Waals surface area contributed by atoms with Crippen molar-refractivity contribution in [3.63, 3.8) is 0 Å². The molecule has 4 fully saturated rings. The van der Waals surface area contributed by atoms with E-state index in [1.165, 1.54) is 37.2 Å². The van der Waals surface area contributed by atoms with E-state index in [1.807, 2.05) is 0 Å². The first-order chi connectivity index (χ1) is 12.6. The van der Waals surface area contributed by atoms with E-state index in [1.54, 1.807) is 5.57 Å². The molecular formula is C22H25N2O2+. The van der Waals surface area contributed by atoms with Crippen LogP contribution >= 0.6 is 0 Å². The average molecular weight is 349 g/mol. The number of ether oxygens (including phenoxy) is 1. The molecule has 1 saturated carbocycles. The predicted octanol–water partition coefficient (Wildman–Crippen LogP) is 2.24. The van der Waals surface area contributed by atoms with Gasteiger partial charge in [-0.05, 0) is 23.1 Å². The topological polar surface area (TPSA) is 29.5 Å². The third kappa shape index (κ3) is 1.34. The fourth-order valence-electron chi connectivity index (χ4n) is 8.14. The Morgan fingerprint density at radius 2 is 2.19 bits per heavy atom. The summed E-state index contributed by atoms with van der Waals surface area (Å²) in [5, 5.41) is 0. The molecule has 6 aliphatic rings. The van der Waals surface area contributed by atoms with E-state index in [4.69, 9.17) is 4.74 Å². The molecule has 134 valence electrons. The van der Waals surface area contributed by atoms with Crippen LogP contribution in [-0.4, -0.2) is 55.3 Å². The molecule has 0 unspecified atom stereocenters. The third-order valence-corrected chi connectivity index (χ3v) is 8.91. The minimum atomic E-state index is 0.104. The minimum absolute atomic E-state index is 0.104. The van der Waals surface area contributed by atoms with Crippen LogP contribution in [0.5, 0.6) is 0 Å². The summed E-state index contributed by atoms with van der Waals surface area (Å²) in [6.07, 6.45) is 5.51. The number of nitrogens with zero attached hydrogens (tertiary/aromatic N) is 2. The van der Waals surface area contributed by atoms with Gasteiger partial charge in [0.15, 0.2) is 0 Å². The number of benzene rings is 1. The molecule has 7 rings (SSSR count). The fourth-order valence-corrected chi connectivity index (χ4v) is 8.14. The molecule has 0 aromatic heterocycles. The summed E-state index contributed by atoms with van der Waals surface area (Å²) in [7, 11) is 2.47. The molecule has 5 heterocycles. The zero-order chi connectivity index (χ0) is 17.3. The van der Waals surface area contributed by atoms with Crippen molar-refractivity contribution >= 4 is 11.6 Å². The average Bonchev–Trinajstić information content (AvgIpc) is 3.05. The van der Waals surface area contributed by atoms with Gasteiger partial charge in [0.2, 0.25) is 5.91 Å². The number of carbonyl (C=O) groups excluding carboxylic acids is 1. The summed E-state index contributed by atoms with van der Waals surface area (Å²) >= 11 is 0. The number of hydrogen-bond acceptors (Lipinski definition) is 2. The zero-order valence-electron chi connectivity index (χ0n) is 15.2. The van der Waals surface area contributed by atoms with Crippen LogP contribution in [0, 0.1) is 11.8 Å². The normalized spacial score (nSPS) is 49.6. The lowest BCUT2D eigenvalue weighted by Crippen LogP contribution is -2.72. The van der Waals surface area contributed by atoms with Crippen LogP contribution in [0.4, 0.5) is 5.69 Å². The molecule has 7 atom stereocenters. The van der Waals surface area contributed by atoms with E-state index < -0.39 is 0 Å². The van der Waals surface area contributed by atoms with E-state index in [0.717, 1.165) is 4.48 Å². The Bertz CT molecular complexity index is 894. The number of likely N-dealkylation sites (N-methyl/N-ethyl adjacent to an activating group) is 1. The van der Waals surface area contributed by atoms with Gasteiger partial charge in [-0.15, -0.1) is 0 Å². The van der Waals surface area contributed by atoms with Crippen molar-refractivity contribution in [1.29, 1.82) is 0 Å². The van der Waals surface area contributed by atoms with Crippen molar-refractivity contribution in [2.75, 3.05) is 31.6 Å². The van der Waals surface area contributed by atoms with Crippen molar-refractivity contribution in [2.45, 2.75) is 42.9 Å². The monoisotopic (exact) mass is 349 g/mol. The van der Waals surface area contributed by atoms with Crippen molar-refractivity contribution < 1.29 is 14.0 Å². The van der Waals surface area contributed by atoms with E-state index in [9.17, 15) is 4.79 Å². The molecule has 1 aliphatic carbocycles.